The van der Waals surface area contributed by atoms with E-state index in [1.165, 1.54) is 0 Å². The summed E-state index contributed by atoms with van der Waals surface area (Å²) in [6.07, 6.45) is 1.71. The zero-order chi connectivity index (χ0) is 8.72. The van der Waals surface area contributed by atoms with Gasteiger partial charge in [0.25, 0.3) is 0 Å². The molecule has 2 rings (SSSR count). The van der Waals surface area contributed by atoms with Gasteiger partial charge in [0.1, 0.15) is 10.5 Å². The lowest BCUT2D eigenvalue weighted by molar-refractivity contribution is 0.101. The Morgan fingerprint density at radius 2 is 2.42 bits per heavy atom. The molecular weight excluding hydrogens is 172 g/mol. The van der Waals surface area contributed by atoms with Crippen molar-refractivity contribution in [1.29, 1.82) is 0 Å². The Morgan fingerprint density at radius 1 is 1.67 bits per heavy atom. The highest BCUT2D eigenvalue weighted by Crippen LogP contribution is 2.21. The van der Waals surface area contributed by atoms with Gasteiger partial charge >= 0.3 is 0 Å². The molecule has 62 valence electrons. The average Bonchev–Trinajstić information content (AvgIpc) is 2.44. The van der Waals surface area contributed by atoms with Gasteiger partial charge in [-0.25, -0.2) is 4.52 Å². The molecule has 0 aromatic carbocycles. The number of Topliss-reactive ketones (excluding diaryl/α,β-unsaturated/α-hetero) is 1. The molecule has 3 nitrogen and oxygen atoms in total. The van der Waals surface area contributed by atoms with Crippen LogP contribution in [0.5, 0.6) is 0 Å². The monoisotopic (exact) mass is 180 g/mol. The molecule has 12 heavy (non-hydrogen) atoms. The average molecular weight is 180 g/mol. The first-order valence-corrected chi connectivity index (χ1v) is 4.46. The lowest BCUT2D eigenvalue weighted by Gasteiger charge is -1.92. The first kappa shape index (κ1) is 7.49. The van der Waals surface area contributed by atoms with Crippen LogP contribution in [-0.2, 0) is 0 Å². The quantitative estimate of drug-likeness (QED) is 0.628. The second kappa shape index (κ2) is 2.42. The molecule has 2 aromatic rings. The zero-order valence-corrected chi connectivity index (χ0v) is 7.68. The lowest BCUT2D eigenvalue weighted by atomic mass is 10.3. The van der Waals surface area contributed by atoms with E-state index in [2.05, 4.69) is 5.10 Å². The van der Waals surface area contributed by atoms with Crippen LogP contribution in [0.25, 0.3) is 4.83 Å². The summed E-state index contributed by atoms with van der Waals surface area (Å²) in [5.41, 5.74) is 0.708. The largest absolute Gasteiger partial charge is 0.293 e. The normalized spacial score (nSPS) is 10.8. The zero-order valence-electron chi connectivity index (χ0n) is 6.87. The number of aryl methyl sites for hydroxylation is 1. The number of aromatic nitrogens is 2. The van der Waals surface area contributed by atoms with Crippen LogP contribution in [0.2, 0.25) is 0 Å². The van der Waals surface area contributed by atoms with Crippen molar-refractivity contribution < 1.29 is 4.79 Å². The summed E-state index contributed by atoms with van der Waals surface area (Å²) in [6, 6.07) is 1.91. The van der Waals surface area contributed by atoms with Gasteiger partial charge < -0.3 is 0 Å². The van der Waals surface area contributed by atoms with Gasteiger partial charge in [-0.3, -0.25) is 4.79 Å². The molecule has 2 heterocycles. The van der Waals surface area contributed by atoms with Crippen molar-refractivity contribution in [2.75, 3.05) is 0 Å². The van der Waals surface area contributed by atoms with Crippen molar-refractivity contribution in [3.63, 3.8) is 0 Å². The Hall–Kier alpha value is -1.16. The summed E-state index contributed by atoms with van der Waals surface area (Å²) in [5.74, 6) is 0.0717. The summed E-state index contributed by atoms with van der Waals surface area (Å²) in [6.45, 7) is 3.51. The second-order valence-corrected chi connectivity index (χ2v) is 3.88. The van der Waals surface area contributed by atoms with Crippen LogP contribution in [0.4, 0.5) is 0 Å². The Balaban J connectivity index is 2.84. The predicted molar refractivity (Wildman–Crippen MR) is 47.8 cm³/mol. The van der Waals surface area contributed by atoms with Gasteiger partial charge in [-0.05, 0) is 13.0 Å². The molecule has 0 amide bonds. The van der Waals surface area contributed by atoms with E-state index in [1.807, 2.05) is 13.0 Å². The Labute approximate surface area is 73.6 Å². The number of thiazole rings is 1. The molecule has 0 saturated carbocycles. The predicted octanol–water partition coefficient (Wildman–Crippen LogP) is 1.91. The van der Waals surface area contributed by atoms with Crippen LogP contribution in [0.15, 0.2) is 12.3 Å². The van der Waals surface area contributed by atoms with E-state index in [0.29, 0.717) is 5.69 Å². The Bertz CT molecular complexity index is 441. The van der Waals surface area contributed by atoms with Crippen LogP contribution < -0.4 is 0 Å². The minimum absolute atomic E-state index is 0.0717. The highest BCUT2D eigenvalue weighted by Gasteiger charge is 2.12. The number of fused-ring (bicyclic) bond motifs is 1. The summed E-state index contributed by atoms with van der Waals surface area (Å²) >= 11 is 1.59. The summed E-state index contributed by atoms with van der Waals surface area (Å²) in [5, 5.41) is 4.07. The minimum atomic E-state index is 0.0717. The van der Waals surface area contributed by atoms with Gasteiger partial charge in [0.15, 0.2) is 5.78 Å². The molecule has 0 aliphatic carbocycles. The minimum Gasteiger partial charge on any atom is -0.293 e. The number of carbonyl (C=O) groups is 1. The molecule has 0 spiro atoms. The van der Waals surface area contributed by atoms with Crippen molar-refractivity contribution in [2.45, 2.75) is 13.8 Å². The van der Waals surface area contributed by atoms with Crippen LogP contribution in [-0.4, -0.2) is 15.4 Å². The van der Waals surface area contributed by atoms with E-state index in [9.17, 15) is 4.79 Å². The molecule has 0 aliphatic rings. The topological polar surface area (TPSA) is 34.4 Å². The number of ketones is 1. The lowest BCUT2D eigenvalue weighted by Crippen LogP contribution is -2.00. The maximum absolute atomic E-state index is 11.2. The van der Waals surface area contributed by atoms with Gasteiger partial charge in [0.2, 0.25) is 0 Å². The molecule has 2 aromatic heterocycles. The van der Waals surface area contributed by atoms with E-state index in [0.717, 1.165) is 9.71 Å². The van der Waals surface area contributed by atoms with Crippen LogP contribution >= 0.6 is 11.3 Å². The van der Waals surface area contributed by atoms with E-state index in [1.54, 1.807) is 29.0 Å². The van der Waals surface area contributed by atoms with Crippen molar-refractivity contribution in [3.8, 4) is 0 Å². The molecule has 0 bridgehead atoms. The molecular formula is C8H8N2OS. The van der Waals surface area contributed by atoms with Crippen molar-refractivity contribution >= 4 is 22.0 Å². The highest BCUT2D eigenvalue weighted by atomic mass is 32.1. The molecule has 0 fully saturated rings. The molecule has 0 aliphatic heterocycles. The molecule has 0 unspecified atom stereocenters. The summed E-state index contributed by atoms with van der Waals surface area (Å²) in [4.78, 5) is 13.2. The third-order valence-corrected chi connectivity index (χ3v) is 2.76. The smallest absolute Gasteiger partial charge is 0.179 e. The van der Waals surface area contributed by atoms with E-state index < -0.39 is 0 Å². The third-order valence-electron chi connectivity index (χ3n) is 1.74. The third kappa shape index (κ3) is 0.881. The number of rotatable bonds is 1. The van der Waals surface area contributed by atoms with Crippen molar-refractivity contribution in [2.24, 2.45) is 0 Å². The fraction of sp³-hybridized carbons (Fsp3) is 0.250. The van der Waals surface area contributed by atoms with Crippen molar-refractivity contribution in [1.82, 2.24) is 9.61 Å². The van der Waals surface area contributed by atoms with Crippen molar-refractivity contribution in [3.05, 3.63) is 22.8 Å². The molecule has 0 radical (unpaired) electrons. The van der Waals surface area contributed by atoms with Gasteiger partial charge in [0.05, 0.1) is 6.20 Å². The Kier molecular flexibility index (Phi) is 1.51. The number of carbonyl (C=O) groups excluding carboxylic acids is 1. The fourth-order valence-electron chi connectivity index (χ4n) is 1.29. The number of hydrogen-bond acceptors (Lipinski definition) is 3. The standard InChI is InChI=1S/C8H8N2OS/c1-5(11)8-6(2)12-7-3-4-9-10(7)8/h3-4H,1-2H3. The summed E-state index contributed by atoms with van der Waals surface area (Å²) in [7, 11) is 0. The highest BCUT2D eigenvalue weighted by molar-refractivity contribution is 7.17. The molecule has 0 saturated heterocycles. The van der Waals surface area contributed by atoms with Gasteiger partial charge in [-0.1, -0.05) is 0 Å². The van der Waals surface area contributed by atoms with Gasteiger partial charge in [-0.2, -0.15) is 5.10 Å². The first-order valence-electron chi connectivity index (χ1n) is 3.64. The molecule has 0 N–H and O–H groups in total. The fourth-order valence-corrected chi connectivity index (χ4v) is 2.28. The maximum atomic E-state index is 11.2. The summed E-state index contributed by atoms with van der Waals surface area (Å²) < 4.78 is 1.70. The number of hydrogen-bond donors (Lipinski definition) is 0. The maximum Gasteiger partial charge on any atom is 0.179 e. The van der Waals surface area contributed by atoms with Gasteiger partial charge in [-0.15, -0.1) is 11.3 Å². The van der Waals surface area contributed by atoms with Gasteiger partial charge in [0, 0.05) is 11.8 Å². The van der Waals surface area contributed by atoms with E-state index >= 15 is 0 Å². The Morgan fingerprint density at radius 3 is 3.08 bits per heavy atom. The first-order chi connectivity index (χ1) is 5.70. The SMILES string of the molecule is CC(=O)c1c(C)sc2ccnn12. The second-order valence-electron chi connectivity index (χ2n) is 2.64. The van der Waals surface area contributed by atoms with Crippen LogP contribution in [0.1, 0.15) is 22.3 Å². The van der Waals surface area contributed by atoms with Crippen LogP contribution in [0, 0.1) is 6.92 Å². The van der Waals surface area contributed by atoms with Crippen LogP contribution in [0.3, 0.4) is 0 Å². The van der Waals surface area contributed by atoms with E-state index in [4.69, 9.17) is 0 Å². The molecule has 0 atom stereocenters. The molecule has 4 heteroatoms. The number of nitrogens with zero attached hydrogens (tertiary/aromatic N) is 2. The van der Waals surface area contributed by atoms with E-state index in [-0.39, 0.29) is 5.78 Å².